The van der Waals surface area contributed by atoms with Gasteiger partial charge in [-0.3, -0.25) is 9.59 Å². The Labute approximate surface area is 51.1 Å². The lowest BCUT2D eigenvalue weighted by Crippen LogP contribution is -2.32. The van der Waals surface area contributed by atoms with Gasteiger partial charge in [0.2, 0.25) is 0 Å². The third-order valence-electron chi connectivity index (χ3n) is 0.712. The summed E-state index contributed by atoms with van der Waals surface area (Å²) in [6.45, 7) is 0. The second kappa shape index (κ2) is 3.03. The SMILES string of the molecule is N[C@@H](C[14C](=O)O)C(=O)O. The number of carbonyl (C=O) groups is 2. The first-order chi connectivity index (χ1) is 4.04. The van der Waals surface area contributed by atoms with E-state index < -0.39 is 24.4 Å². The zero-order valence-corrected chi connectivity index (χ0v) is 4.57. The molecule has 0 aromatic rings. The summed E-state index contributed by atoms with van der Waals surface area (Å²) in [7, 11) is 0. The van der Waals surface area contributed by atoms with Gasteiger partial charge in [-0.1, -0.05) is 0 Å². The number of rotatable bonds is 3. The van der Waals surface area contributed by atoms with Gasteiger partial charge in [0.15, 0.2) is 0 Å². The minimum Gasteiger partial charge on any atom is -0.481 e. The molecular weight excluding hydrogens is 128 g/mol. The fourth-order valence-electron chi connectivity index (χ4n) is 0.275. The van der Waals surface area contributed by atoms with Crippen molar-refractivity contribution in [2.24, 2.45) is 5.73 Å². The lowest BCUT2D eigenvalue weighted by Gasteiger charge is -1.99. The van der Waals surface area contributed by atoms with Crippen LogP contribution in [0.1, 0.15) is 6.42 Å². The summed E-state index contributed by atoms with van der Waals surface area (Å²) in [6.07, 6.45) is -0.532. The molecule has 0 bridgehead atoms. The van der Waals surface area contributed by atoms with Gasteiger partial charge in [0.25, 0.3) is 0 Å². The highest BCUT2D eigenvalue weighted by Crippen LogP contribution is 1.86. The van der Waals surface area contributed by atoms with Gasteiger partial charge < -0.3 is 15.9 Å². The quantitative estimate of drug-likeness (QED) is 0.454. The van der Waals surface area contributed by atoms with Crippen molar-refractivity contribution in [1.82, 2.24) is 0 Å². The van der Waals surface area contributed by atoms with Crippen LogP contribution in [0.25, 0.3) is 0 Å². The molecule has 5 heteroatoms. The Balaban J connectivity index is 3.63. The first-order valence-electron chi connectivity index (χ1n) is 2.24. The van der Waals surface area contributed by atoms with Crippen LogP contribution in [0, 0.1) is 0 Å². The van der Waals surface area contributed by atoms with E-state index in [0.29, 0.717) is 0 Å². The van der Waals surface area contributed by atoms with E-state index in [9.17, 15) is 9.59 Å². The number of nitrogens with two attached hydrogens (primary N) is 1. The van der Waals surface area contributed by atoms with Crippen molar-refractivity contribution in [2.75, 3.05) is 0 Å². The lowest BCUT2D eigenvalue weighted by atomic mass is 10.3. The predicted molar refractivity (Wildman–Crippen MR) is 27.9 cm³/mol. The van der Waals surface area contributed by atoms with Crippen molar-refractivity contribution >= 4 is 11.9 Å². The molecule has 4 N–H and O–H groups in total. The molecule has 0 saturated carbocycles. The van der Waals surface area contributed by atoms with Crippen LogP contribution in [0.3, 0.4) is 0 Å². The summed E-state index contributed by atoms with van der Waals surface area (Å²) < 4.78 is 0. The highest BCUT2D eigenvalue weighted by Gasteiger charge is 2.14. The molecule has 0 aliphatic carbocycles. The van der Waals surface area contributed by atoms with Crippen LogP contribution in [0.2, 0.25) is 0 Å². The minimum absolute atomic E-state index is 0.532. The average Bonchev–Trinajstić information content (AvgIpc) is 1.63. The Kier molecular flexibility index (Phi) is 2.66. The average molecular weight is 135 g/mol. The molecule has 0 unspecified atom stereocenters. The molecule has 1 atom stereocenters. The van der Waals surface area contributed by atoms with E-state index in [1.54, 1.807) is 0 Å². The van der Waals surface area contributed by atoms with Crippen molar-refractivity contribution in [1.29, 1.82) is 0 Å². The van der Waals surface area contributed by atoms with E-state index >= 15 is 0 Å². The van der Waals surface area contributed by atoms with Gasteiger partial charge in [-0.25, -0.2) is 0 Å². The van der Waals surface area contributed by atoms with Crippen LogP contribution in [-0.2, 0) is 9.59 Å². The second-order valence-corrected chi connectivity index (χ2v) is 1.54. The topological polar surface area (TPSA) is 101 Å². The summed E-state index contributed by atoms with van der Waals surface area (Å²) in [4.78, 5) is 19.6. The predicted octanol–water partition coefficient (Wildman–Crippen LogP) is -1.13. The Morgan fingerprint density at radius 2 is 2.22 bits per heavy atom. The smallest absolute Gasteiger partial charge is 0.321 e. The summed E-state index contributed by atoms with van der Waals surface area (Å²) >= 11 is 0. The summed E-state index contributed by atoms with van der Waals surface area (Å²) in [5, 5.41) is 16.0. The third kappa shape index (κ3) is 3.48. The van der Waals surface area contributed by atoms with Crippen LogP contribution < -0.4 is 5.73 Å². The van der Waals surface area contributed by atoms with Gasteiger partial charge in [0, 0.05) is 0 Å². The van der Waals surface area contributed by atoms with E-state index in [1.165, 1.54) is 0 Å². The highest BCUT2D eigenvalue weighted by molar-refractivity contribution is 5.80. The molecule has 0 saturated heterocycles. The molecule has 0 radical (unpaired) electrons. The molecule has 0 amide bonds. The monoisotopic (exact) mass is 135 g/mol. The lowest BCUT2D eigenvalue weighted by molar-refractivity contribution is -0.144. The van der Waals surface area contributed by atoms with E-state index in [-0.39, 0.29) is 0 Å². The maximum absolute atomic E-state index is 9.85. The van der Waals surface area contributed by atoms with Gasteiger partial charge in [0.05, 0.1) is 6.42 Å². The van der Waals surface area contributed by atoms with Crippen molar-refractivity contribution in [3.8, 4) is 0 Å². The molecule has 0 rings (SSSR count). The summed E-state index contributed by atoms with van der Waals surface area (Å²) in [5.74, 6) is -2.50. The van der Waals surface area contributed by atoms with E-state index in [1.807, 2.05) is 0 Å². The maximum Gasteiger partial charge on any atom is 0.321 e. The molecule has 9 heavy (non-hydrogen) atoms. The van der Waals surface area contributed by atoms with Crippen molar-refractivity contribution in [3.05, 3.63) is 0 Å². The van der Waals surface area contributed by atoms with Crippen LogP contribution in [0.4, 0.5) is 0 Å². The Morgan fingerprint density at radius 1 is 1.78 bits per heavy atom. The Bertz CT molecular complexity index is 133. The molecule has 0 spiro atoms. The standard InChI is InChI=1S/C4H7NO4/c5-2(4(8)9)1-3(6)7/h2H,1,5H2,(H,6,7)(H,8,9)/t2-/m0/s1/i3+2. The van der Waals surface area contributed by atoms with Crippen molar-refractivity contribution < 1.29 is 19.8 Å². The number of carboxylic acid groups (broad SMARTS) is 2. The third-order valence-corrected chi connectivity index (χ3v) is 0.712. The number of carboxylic acids is 2. The molecule has 0 aromatic carbocycles. The molecule has 0 fully saturated rings. The van der Waals surface area contributed by atoms with Gasteiger partial charge in [0.1, 0.15) is 6.04 Å². The summed E-state index contributed by atoms with van der Waals surface area (Å²) in [5.41, 5.74) is 4.84. The van der Waals surface area contributed by atoms with Crippen LogP contribution in [-0.4, -0.2) is 28.2 Å². The fraction of sp³-hybridized carbons (Fsp3) is 0.500. The largest absolute Gasteiger partial charge is 0.481 e. The van der Waals surface area contributed by atoms with Crippen LogP contribution in [0.15, 0.2) is 0 Å². The fourth-order valence-corrected chi connectivity index (χ4v) is 0.275. The Morgan fingerprint density at radius 3 is 2.33 bits per heavy atom. The van der Waals surface area contributed by atoms with Gasteiger partial charge >= 0.3 is 11.9 Å². The number of hydrogen-bond acceptors (Lipinski definition) is 3. The van der Waals surface area contributed by atoms with E-state index in [4.69, 9.17) is 15.9 Å². The number of aliphatic carboxylic acids is 2. The zero-order chi connectivity index (χ0) is 7.44. The normalized spacial score (nSPS) is 12.6. The van der Waals surface area contributed by atoms with Crippen molar-refractivity contribution in [2.45, 2.75) is 12.5 Å². The molecule has 0 aliphatic rings. The van der Waals surface area contributed by atoms with E-state index in [0.717, 1.165) is 0 Å². The molecule has 0 aliphatic heterocycles. The van der Waals surface area contributed by atoms with Crippen LogP contribution >= 0.6 is 0 Å². The minimum atomic E-state index is -1.29. The molecule has 5 nitrogen and oxygen atoms in total. The van der Waals surface area contributed by atoms with Crippen LogP contribution in [0.5, 0.6) is 0 Å². The molecule has 52 valence electrons. The van der Waals surface area contributed by atoms with E-state index in [2.05, 4.69) is 0 Å². The summed E-state index contributed by atoms with van der Waals surface area (Å²) in [6, 6.07) is -1.29. The second-order valence-electron chi connectivity index (χ2n) is 1.54. The van der Waals surface area contributed by atoms with Gasteiger partial charge in [-0.2, -0.15) is 0 Å². The molecular formula is C4H7NO4. The first-order valence-corrected chi connectivity index (χ1v) is 2.24. The van der Waals surface area contributed by atoms with Gasteiger partial charge in [-0.05, 0) is 0 Å². The zero-order valence-electron chi connectivity index (χ0n) is 4.57. The first kappa shape index (κ1) is 7.90. The van der Waals surface area contributed by atoms with Gasteiger partial charge in [-0.15, -0.1) is 0 Å². The van der Waals surface area contributed by atoms with Crippen molar-refractivity contribution in [3.63, 3.8) is 0 Å². The highest BCUT2D eigenvalue weighted by atomic mass is 16.6. The molecule has 0 heterocycles. The Hall–Kier alpha value is -1.10. The molecule has 0 aromatic heterocycles. The number of hydrogen-bond donors (Lipinski definition) is 3. The maximum atomic E-state index is 9.85.